The van der Waals surface area contributed by atoms with Gasteiger partial charge >= 0.3 is 0 Å². The van der Waals surface area contributed by atoms with Gasteiger partial charge in [-0.25, -0.2) is 4.98 Å². The molecule has 9 nitrogen and oxygen atoms in total. The maximum absolute atomic E-state index is 13.2. The zero-order chi connectivity index (χ0) is 23.5. The van der Waals surface area contributed by atoms with E-state index < -0.39 is 11.9 Å². The third-order valence-electron chi connectivity index (χ3n) is 5.97. The summed E-state index contributed by atoms with van der Waals surface area (Å²) in [6, 6.07) is 15.3. The van der Waals surface area contributed by atoms with Gasteiger partial charge in [0.25, 0.3) is 5.91 Å². The minimum absolute atomic E-state index is 0.0303. The Balaban J connectivity index is 1.27. The van der Waals surface area contributed by atoms with E-state index in [1.165, 1.54) is 0 Å². The van der Waals surface area contributed by atoms with E-state index in [2.05, 4.69) is 31.5 Å². The van der Waals surface area contributed by atoms with Crippen LogP contribution < -0.4 is 15.1 Å². The summed E-state index contributed by atoms with van der Waals surface area (Å²) in [7, 11) is 1.75. The van der Waals surface area contributed by atoms with E-state index in [9.17, 15) is 9.59 Å². The molecule has 0 saturated carbocycles. The van der Waals surface area contributed by atoms with Crippen LogP contribution in [0.3, 0.4) is 0 Å². The van der Waals surface area contributed by atoms with Crippen LogP contribution in [0.2, 0.25) is 0 Å². The van der Waals surface area contributed by atoms with Crippen molar-refractivity contribution in [1.82, 2.24) is 20.5 Å². The van der Waals surface area contributed by atoms with Crippen molar-refractivity contribution in [1.29, 1.82) is 0 Å². The SMILES string of the molecule is CN1C(=O)[C@@H](NC(=O)c2n[nH]c(Cc3ccccc3)n2)CSc2ccc(N3CCOCC3)cc21. The monoisotopic (exact) mass is 478 g/mol. The Morgan fingerprint density at radius 3 is 2.79 bits per heavy atom. The fraction of sp³-hybridized carbons (Fsp3) is 0.333. The van der Waals surface area contributed by atoms with Crippen LogP contribution in [-0.4, -0.2) is 72.1 Å². The van der Waals surface area contributed by atoms with Gasteiger partial charge in [-0.2, -0.15) is 0 Å². The second-order valence-electron chi connectivity index (χ2n) is 8.25. The van der Waals surface area contributed by atoms with Crippen LogP contribution in [0.15, 0.2) is 53.4 Å². The topological polar surface area (TPSA) is 103 Å². The molecular weight excluding hydrogens is 452 g/mol. The van der Waals surface area contributed by atoms with E-state index in [-0.39, 0.29) is 11.7 Å². The molecule has 1 aromatic heterocycles. The first-order chi connectivity index (χ1) is 16.6. The molecule has 10 heteroatoms. The lowest BCUT2D eigenvalue weighted by atomic mass is 10.1. The van der Waals surface area contributed by atoms with Crippen LogP contribution >= 0.6 is 11.8 Å². The minimum Gasteiger partial charge on any atom is -0.378 e. The molecule has 0 radical (unpaired) electrons. The van der Waals surface area contributed by atoms with Gasteiger partial charge in [-0.15, -0.1) is 16.9 Å². The van der Waals surface area contributed by atoms with Gasteiger partial charge in [0.1, 0.15) is 11.9 Å². The van der Waals surface area contributed by atoms with Gasteiger partial charge in [-0.1, -0.05) is 30.3 Å². The average molecular weight is 479 g/mol. The number of H-pyrrole nitrogens is 1. The second kappa shape index (κ2) is 9.86. The number of anilines is 2. The highest BCUT2D eigenvalue weighted by atomic mass is 32.2. The third kappa shape index (κ3) is 4.78. The molecule has 176 valence electrons. The summed E-state index contributed by atoms with van der Waals surface area (Å²) in [6.07, 6.45) is 0.544. The molecule has 3 aromatic rings. The zero-order valence-electron chi connectivity index (χ0n) is 18.9. The lowest BCUT2D eigenvalue weighted by Crippen LogP contribution is -2.48. The standard InChI is InChI=1S/C24H26N6O3S/c1-29-19-14-17(30-9-11-33-12-10-30)7-8-20(19)34-15-18(24(29)32)25-23(31)22-26-21(27-28-22)13-16-5-3-2-4-6-16/h2-8,14,18H,9-13,15H2,1H3,(H,25,31)(H,26,27,28)/t18-/m0/s1. The number of hydrogen-bond acceptors (Lipinski definition) is 7. The molecule has 1 saturated heterocycles. The zero-order valence-corrected chi connectivity index (χ0v) is 19.7. The molecule has 3 heterocycles. The van der Waals surface area contributed by atoms with Crippen molar-refractivity contribution in [3.8, 4) is 0 Å². The maximum Gasteiger partial charge on any atom is 0.291 e. The largest absolute Gasteiger partial charge is 0.378 e. The van der Waals surface area contributed by atoms with Crippen LogP contribution in [0.25, 0.3) is 0 Å². The number of likely N-dealkylation sites (N-methyl/N-ethyl adjacent to an activating group) is 1. The molecule has 2 amide bonds. The molecule has 2 aliphatic heterocycles. The van der Waals surface area contributed by atoms with E-state index in [1.54, 1.807) is 23.7 Å². The second-order valence-corrected chi connectivity index (χ2v) is 9.32. The summed E-state index contributed by atoms with van der Waals surface area (Å²) < 4.78 is 5.45. The molecule has 0 aliphatic carbocycles. The molecule has 5 rings (SSSR count). The quantitative estimate of drug-likeness (QED) is 0.579. The lowest BCUT2D eigenvalue weighted by Gasteiger charge is -2.30. The highest BCUT2D eigenvalue weighted by Gasteiger charge is 2.31. The van der Waals surface area contributed by atoms with Crippen LogP contribution in [-0.2, 0) is 16.0 Å². The molecule has 0 unspecified atom stereocenters. The van der Waals surface area contributed by atoms with Crippen molar-refractivity contribution >= 4 is 35.0 Å². The van der Waals surface area contributed by atoms with Crippen molar-refractivity contribution in [2.24, 2.45) is 0 Å². The van der Waals surface area contributed by atoms with E-state index in [0.29, 0.717) is 31.2 Å². The molecule has 0 bridgehead atoms. The average Bonchev–Trinajstić information content (AvgIpc) is 3.31. The van der Waals surface area contributed by atoms with Gasteiger partial charge in [0.05, 0.1) is 18.9 Å². The first-order valence-corrected chi connectivity index (χ1v) is 12.2. The molecule has 1 atom stereocenters. The van der Waals surface area contributed by atoms with Gasteiger partial charge in [0.15, 0.2) is 0 Å². The minimum atomic E-state index is -0.683. The summed E-state index contributed by atoms with van der Waals surface area (Å²) in [5.74, 6) is 0.419. The Morgan fingerprint density at radius 2 is 2.00 bits per heavy atom. The van der Waals surface area contributed by atoms with Crippen molar-refractivity contribution in [2.75, 3.05) is 48.9 Å². The van der Waals surface area contributed by atoms with Gasteiger partial charge < -0.3 is 19.9 Å². The van der Waals surface area contributed by atoms with Crippen molar-refractivity contribution in [2.45, 2.75) is 17.4 Å². The summed E-state index contributed by atoms with van der Waals surface area (Å²) >= 11 is 1.56. The Labute approximate surface area is 201 Å². The molecule has 0 spiro atoms. The third-order valence-corrected chi connectivity index (χ3v) is 7.13. The molecule has 1 fully saturated rings. The molecule has 34 heavy (non-hydrogen) atoms. The fourth-order valence-corrected chi connectivity index (χ4v) is 5.18. The highest BCUT2D eigenvalue weighted by molar-refractivity contribution is 7.99. The smallest absolute Gasteiger partial charge is 0.291 e. The van der Waals surface area contributed by atoms with Gasteiger partial charge in [0.2, 0.25) is 11.7 Å². The Bertz CT molecular complexity index is 1180. The number of nitrogens with one attached hydrogen (secondary N) is 2. The predicted molar refractivity (Wildman–Crippen MR) is 130 cm³/mol. The first kappa shape index (κ1) is 22.4. The lowest BCUT2D eigenvalue weighted by molar-refractivity contribution is -0.119. The summed E-state index contributed by atoms with van der Waals surface area (Å²) in [4.78, 5) is 35.3. The highest BCUT2D eigenvalue weighted by Crippen LogP contribution is 2.36. The number of carbonyl (C=O) groups excluding carboxylic acids is 2. The number of benzene rings is 2. The Hall–Kier alpha value is -3.37. The number of aromatic amines is 1. The van der Waals surface area contributed by atoms with Crippen LogP contribution in [0.5, 0.6) is 0 Å². The number of aromatic nitrogens is 3. The van der Waals surface area contributed by atoms with Crippen LogP contribution in [0.1, 0.15) is 22.0 Å². The summed E-state index contributed by atoms with van der Waals surface area (Å²) in [5, 5.41) is 9.70. The fourth-order valence-electron chi connectivity index (χ4n) is 4.10. The number of morpholine rings is 1. The van der Waals surface area contributed by atoms with E-state index >= 15 is 0 Å². The van der Waals surface area contributed by atoms with E-state index in [4.69, 9.17) is 4.74 Å². The van der Waals surface area contributed by atoms with E-state index in [1.807, 2.05) is 42.5 Å². The number of rotatable bonds is 5. The molecule has 2 aliphatic rings. The molecule has 2 aromatic carbocycles. The number of thioether (sulfide) groups is 1. The normalized spacial score (nSPS) is 18.4. The Morgan fingerprint density at radius 1 is 1.21 bits per heavy atom. The summed E-state index contributed by atoms with van der Waals surface area (Å²) in [5.41, 5.74) is 2.98. The van der Waals surface area contributed by atoms with E-state index in [0.717, 1.165) is 34.9 Å². The maximum atomic E-state index is 13.2. The summed E-state index contributed by atoms with van der Waals surface area (Å²) in [6.45, 7) is 3.04. The number of nitrogens with zero attached hydrogens (tertiary/aromatic N) is 4. The number of ether oxygens (including phenoxy) is 1. The van der Waals surface area contributed by atoms with Gasteiger partial charge in [-0.05, 0) is 23.8 Å². The first-order valence-electron chi connectivity index (χ1n) is 11.2. The number of carbonyl (C=O) groups is 2. The van der Waals surface area contributed by atoms with Crippen molar-refractivity contribution < 1.29 is 14.3 Å². The van der Waals surface area contributed by atoms with Crippen molar-refractivity contribution in [3.63, 3.8) is 0 Å². The predicted octanol–water partition coefficient (Wildman–Crippen LogP) is 2.10. The number of hydrogen-bond donors (Lipinski definition) is 2. The van der Waals surface area contributed by atoms with Crippen LogP contribution in [0.4, 0.5) is 11.4 Å². The van der Waals surface area contributed by atoms with Crippen molar-refractivity contribution in [3.05, 3.63) is 65.7 Å². The number of amides is 2. The molecular formula is C24H26N6O3S. The van der Waals surface area contributed by atoms with Gasteiger partial charge in [0, 0.05) is 42.9 Å². The van der Waals surface area contributed by atoms with Gasteiger partial charge in [-0.3, -0.25) is 14.7 Å². The number of fused-ring (bicyclic) bond motifs is 1. The Kier molecular flexibility index (Phi) is 6.50. The van der Waals surface area contributed by atoms with Crippen LogP contribution in [0, 0.1) is 0 Å². The molecule has 2 N–H and O–H groups in total.